The quantitative estimate of drug-likeness (QED) is 0.0839. The van der Waals surface area contributed by atoms with Crippen LogP contribution in [-0.4, -0.2) is 55.8 Å². The summed E-state index contributed by atoms with van der Waals surface area (Å²) in [7, 11) is -2.22. The van der Waals surface area contributed by atoms with Crippen molar-refractivity contribution >= 4 is 66.8 Å². The molecule has 5 aromatic rings. The van der Waals surface area contributed by atoms with Crippen LogP contribution in [0.1, 0.15) is 67.9 Å². The number of amides is 1. The number of aryl methyl sites for hydroxylation is 1. The lowest BCUT2D eigenvalue weighted by atomic mass is 9.93. The Hall–Kier alpha value is -4.25. The molecule has 0 radical (unpaired) electrons. The zero-order chi connectivity index (χ0) is 40.4. The Balaban J connectivity index is 1.54. The van der Waals surface area contributed by atoms with Crippen molar-refractivity contribution in [2.45, 2.75) is 64.1 Å². The summed E-state index contributed by atoms with van der Waals surface area (Å²) in [5, 5.41) is 22.2. The van der Waals surface area contributed by atoms with Crippen LogP contribution in [0.15, 0.2) is 42.5 Å². The summed E-state index contributed by atoms with van der Waals surface area (Å²) in [6.45, 7) is 5.46. The third kappa shape index (κ3) is 8.32. The molecule has 2 aromatic carbocycles. The van der Waals surface area contributed by atoms with Gasteiger partial charge >= 0.3 is 0 Å². The molecule has 1 aliphatic rings. The van der Waals surface area contributed by atoms with Gasteiger partial charge in [-0.3, -0.25) is 18.9 Å². The number of fused-ring (bicyclic) bond motifs is 2. The molecule has 3 N–H and O–H groups in total. The molecule has 6 rings (SSSR count). The predicted molar refractivity (Wildman–Crippen MR) is 208 cm³/mol. The predicted octanol–water partition coefficient (Wildman–Crippen LogP) is 6.81. The summed E-state index contributed by atoms with van der Waals surface area (Å²) in [5.74, 6) is -1.85. The van der Waals surface area contributed by atoms with E-state index < -0.39 is 63.5 Å². The summed E-state index contributed by atoms with van der Waals surface area (Å²) in [4.78, 5) is 18.8. The molecule has 3 heterocycles. The number of aromatic nitrogens is 5. The van der Waals surface area contributed by atoms with Gasteiger partial charge in [0, 0.05) is 35.7 Å². The smallest absolute Gasteiger partial charge is 0.292 e. The minimum absolute atomic E-state index is 0.0454. The Morgan fingerprint density at radius 1 is 1.11 bits per heavy atom. The van der Waals surface area contributed by atoms with Gasteiger partial charge in [0.1, 0.15) is 38.9 Å². The number of aliphatic hydroxyl groups is 1. The van der Waals surface area contributed by atoms with Gasteiger partial charge in [-0.1, -0.05) is 37.4 Å². The monoisotopic (exact) mass is 911 g/mol. The largest absolute Gasteiger partial charge is 0.378 e. The summed E-state index contributed by atoms with van der Waals surface area (Å²) in [6, 6.07) is 8.06. The fourth-order valence-corrected chi connectivity index (χ4v) is 8.49. The average molecular weight is 912 g/mol. The maximum Gasteiger partial charge on any atom is 0.292 e. The van der Waals surface area contributed by atoms with E-state index in [0.29, 0.717) is 32.0 Å². The van der Waals surface area contributed by atoms with Crippen LogP contribution in [0.2, 0.25) is 5.02 Å². The molecule has 3 atom stereocenters. The van der Waals surface area contributed by atoms with Crippen LogP contribution in [0.4, 0.5) is 23.4 Å². The number of carbonyl (C=O) groups is 1. The fraction of sp³-hybridized carbons (Fsp3) is 0.351. The Morgan fingerprint density at radius 3 is 2.40 bits per heavy atom. The zero-order valence-corrected chi connectivity index (χ0v) is 34.0. The standard InChI is InChI=1S/C37H35ClF4IN7O4S/c1-18-19(2)37(41,42)33-29(18)34(43)46-50(33)17-28(51)45-27(15-20-13-21(39)16-22(40)14-20)31-24(8-7-23(44-31)11-12-36(3,4)52)25-9-10-26(38)30-32(25)49(5)47-35(30)48-55(6,53)54/h7-10,13-14,16,18-19,27,52H,15,17H2,1-6H3,(H,45,51)(H,47,48)/t18-,19+,27-/m0/s1. The number of pyridine rings is 1. The lowest BCUT2D eigenvalue weighted by Gasteiger charge is -2.23. The maximum absolute atomic E-state index is 15.6. The van der Waals surface area contributed by atoms with Crippen molar-refractivity contribution in [3.8, 4) is 23.0 Å². The SMILES string of the molecule is C[C@@H]1c2c(I)nn(CC(=O)N[C@@H](Cc3cc(F)cc(F)c3)c3nc(C#CC(C)(C)O)ccc3-c3ccc(Cl)c4c(NS(C)(=O)=O)nn(C)c34)c2C(F)(F)[C@@H]1C. The van der Waals surface area contributed by atoms with Crippen molar-refractivity contribution in [1.29, 1.82) is 0 Å². The first-order valence-corrected chi connectivity index (χ1v) is 20.2. The van der Waals surface area contributed by atoms with Crippen LogP contribution in [0.3, 0.4) is 0 Å². The van der Waals surface area contributed by atoms with Crippen molar-refractivity contribution in [3.05, 3.63) is 91.0 Å². The highest BCUT2D eigenvalue weighted by atomic mass is 127. The second-order valence-electron chi connectivity index (χ2n) is 14.1. The van der Waals surface area contributed by atoms with Gasteiger partial charge in [-0.15, -0.1) is 0 Å². The van der Waals surface area contributed by atoms with E-state index in [0.717, 1.165) is 23.1 Å². The molecule has 0 spiro atoms. The minimum atomic E-state index is -3.79. The number of halogens is 6. The molecule has 290 valence electrons. The zero-order valence-electron chi connectivity index (χ0n) is 30.3. The highest BCUT2D eigenvalue weighted by molar-refractivity contribution is 14.1. The molecule has 0 saturated carbocycles. The molecule has 18 heteroatoms. The Labute approximate surface area is 333 Å². The first-order chi connectivity index (χ1) is 25.5. The van der Waals surface area contributed by atoms with Gasteiger partial charge in [0.05, 0.1) is 33.9 Å². The van der Waals surface area contributed by atoms with Crippen molar-refractivity contribution in [3.63, 3.8) is 0 Å². The molecular weight excluding hydrogens is 877 g/mol. The van der Waals surface area contributed by atoms with Gasteiger partial charge in [0.2, 0.25) is 15.9 Å². The highest BCUT2D eigenvalue weighted by Crippen LogP contribution is 2.53. The van der Waals surface area contributed by atoms with Crippen molar-refractivity contribution in [2.24, 2.45) is 13.0 Å². The number of sulfonamides is 1. The number of rotatable bonds is 9. The molecule has 11 nitrogen and oxygen atoms in total. The second-order valence-corrected chi connectivity index (χ2v) is 17.3. The highest BCUT2D eigenvalue weighted by Gasteiger charge is 2.54. The molecule has 0 saturated heterocycles. The lowest BCUT2D eigenvalue weighted by Crippen LogP contribution is -2.35. The van der Waals surface area contributed by atoms with Gasteiger partial charge in [-0.05, 0) is 90.6 Å². The van der Waals surface area contributed by atoms with Gasteiger partial charge in [-0.25, -0.2) is 22.2 Å². The molecule has 1 amide bonds. The number of nitrogens with zero attached hydrogens (tertiary/aromatic N) is 5. The van der Waals surface area contributed by atoms with Gasteiger partial charge in [0.25, 0.3) is 5.92 Å². The van der Waals surface area contributed by atoms with Gasteiger partial charge in [-0.2, -0.15) is 19.0 Å². The first-order valence-electron chi connectivity index (χ1n) is 16.8. The van der Waals surface area contributed by atoms with E-state index in [2.05, 4.69) is 32.1 Å². The van der Waals surface area contributed by atoms with Crippen molar-refractivity contribution in [1.82, 2.24) is 29.9 Å². The molecule has 0 fully saturated rings. The van der Waals surface area contributed by atoms with Crippen molar-refractivity contribution in [2.75, 3.05) is 11.0 Å². The normalized spacial score (nSPS) is 17.1. The summed E-state index contributed by atoms with van der Waals surface area (Å²) in [6.07, 6.45) is 0.731. The molecule has 0 bridgehead atoms. The van der Waals surface area contributed by atoms with E-state index in [1.54, 1.807) is 32.2 Å². The van der Waals surface area contributed by atoms with Crippen LogP contribution < -0.4 is 10.0 Å². The fourth-order valence-electron chi connectivity index (χ4n) is 6.75. The molecule has 55 heavy (non-hydrogen) atoms. The van der Waals surface area contributed by atoms with Crippen LogP contribution in [0.25, 0.3) is 22.0 Å². The average Bonchev–Trinajstić information content (AvgIpc) is 3.62. The van der Waals surface area contributed by atoms with Gasteiger partial charge in [0.15, 0.2) is 5.82 Å². The number of benzene rings is 2. The second kappa shape index (κ2) is 14.7. The number of carbonyl (C=O) groups excluding carboxylic acids is 1. The van der Waals surface area contributed by atoms with E-state index in [-0.39, 0.29) is 45.3 Å². The van der Waals surface area contributed by atoms with Gasteiger partial charge < -0.3 is 10.4 Å². The molecule has 0 aliphatic heterocycles. The number of hydrogen-bond donors (Lipinski definition) is 3. The van der Waals surface area contributed by atoms with E-state index >= 15 is 8.78 Å². The number of alkyl halides is 2. The molecule has 3 aromatic heterocycles. The molecule has 0 unspecified atom stereocenters. The summed E-state index contributed by atoms with van der Waals surface area (Å²) in [5.41, 5.74) is 0.177. The number of anilines is 1. The number of hydrogen-bond acceptors (Lipinski definition) is 7. The van der Waals surface area contributed by atoms with Crippen LogP contribution in [0, 0.1) is 33.1 Å². The Kier molecular flexibility index (Phi) is 10.8. The van der Waals surface area contributed by atoms with E-state index in [1.807, 2.05) is 22.6 Å². The topological polar surface area (TPSA) is 144 Å². The minimum Gasteiger partial charge on any atom is -0.378 e. The lowest BCUT2D eigenvalue weighted by molar-refractivity contribution is -0.123. The Morgan fingerprint density at radius 2 is 1.76 bits per heavy atom. The number of nitrogens with one attached hydrogen (secondary N) is 2. The third-order valence-corrected chi connectivity index (χ3v) is 11.0. The summed E-state index contributed by atoms with van der Waals surface area (Å²) >= 11 is 8.48. The molecular formula is C37H35ClF4IN7O4S. The van der Waals surface area contributed by atoms with Crippen LogP contribution in [-0.2, 0) is 40.8 Å². The van der Waals surface area contributed by atoms with E-state index in [1.165, 1.54) is 31.5 Å². The molecule has 1 aliphatic carbocycles. The first kappa shape index (κ1) is 40.4. The Bertz CT molecular complexity index is 2520. The summed E-state index contributed by atoms with van der Waals surface area (Å²) < 4.78 is 89.8. The van der Waals surface area contributed by atoms with E-state index in [4.69, 9.17) is 16.6 Å². The maximum atomic E-state index is 15.6. The van der Waals surface area contributed by atoms with Crippen molar-refractivity contribution < 1.29 is 35.9 Å². The van der Waals surface area contributed by atoms with Crippen LogP contribution >= 0.6 is 34.2 Å². The third-order valence-electron chi connectivity index (χ3n) is 9.29. The van der Waals surface area contributed by atoms with E-state index in [9.17, 15) is 27.1 Å². The van der Waals surface area contributed by atoms with Crippen LogP contribution in [0.5, 0.6) is 0 Å².